The zero-order chi connectivity index (χ0) is 15.6. The molecule has 1 aliphatic rings. The largest absolute Gasteiger partial charge is 0.491 e. The molecule has 1 heterocycles. The minimum Gasteiger partial charge on any atom is -0.491 e. The number of rotatable bonds is 4. The number of hydrogen-bond acceptors (Lipinski definition) is 4. The van der Waals surface area contributed by atoms with Gasteiger partial charge < -0.3 is 9.64 Å². The minimum absolute atomic E-state index is 0.0593. The molecule has 1 amide bonds. The highest BCUT2D eigenvalue weighted by atomic mass is 32.2. The molecule has 0 aromatic heterocycles. The van der Waals surface area contributed by atoms with Gasteiger partial charge in [0.15, 0.2) is 9.84 Å². The van der Waals surface area contributed by atoms with E-state index in [0.717, 1.165) is 0 Å². The minimum atomic E-state index is -2.99. The summed E-state index contributed by atoms with van der Waals surface area (Å²) in [7, 11) is -1.33. The lowest BCUT2D eigenvalue weighted by atomic mass is 10.1. The Morgan fingerprint density at radius 1 is 1.29 bits per heavy atom. The molecule has 0 saturated carbocycles. The third kappa shape index (κ3) is 3.97. The summed E-state index contributed by atoms with van der Waals surface area (Å²) in [5.74, 6) is 0.779. The number of sulfone groups is 1. The number of carbonyl (C=O) groups excluding carboxylic acids is 1. The second kappa shape index (κ2) is 6.05. The van der Waals surface area contributed by atoms with Crippen molar-refractivity contribution in [2.45, 2.75) is 32.4 Å². The maximum atomic E-state index is 12.4. The zero-order valence-electron chi connectivity index (χ0n) is 12.6. The summed E-state index contributed by atoms with van der Waals surface area (Å²) >= 11 is 0. The lowest BCUT2D eigenvalue weighted by Crippen LogP contribution is -2.37. The molecule has 2 rings (SSSR count). The van der Waals surface area contributed by atoms with Crippen LogP contribution in [0.5, 0.6) is 5.75 Å². The van der Waals surface area contributed by atoms with Gasteiger partial charge in [-0.25, -0.2) is 8.42 Å². The molecule has 0 bridgehead atoms. The molecular formula is C15H21NO4S. The van der Waals surface area contributed by atoms with E-state index < -0.39 is 9.84 Å². The molecule has 1 aromatic carbocycles. The molecule has 5 nitrogen and oxygen atoms in total. The lowest BCUT2D eigenvalue weighted by molar-refractivity contribution is 0.0747. The Hall–Kier alpha value is -1.56. The number of benzene rings is 1. The van der Waals surface area contributed by atoms with Gasteiger partial charge in [-0.1, -0.05) is 0 Å². The molecule has 0 aliphatic carbocycles. The van der Waals surface area contributed by atoms with Gasteiger partial charge in [0.2, 0.25) is 0 Å². The molecule has 0 N–H and O–H groups in total. The van der Waals surface area contributed by atoms with Crippen molar-refractivity contribution in [2.24, 2.45) is 0 Å². The summed E-state index contributed by atoms with van der Waals surface area (Å²) in [4.78, 5) is 13.9. The van der Waals surface area contributed by atoms with Crippen LogP contribution in [0, 0.1) is 0 Å². The SMILES string of the molecule is CC(C)Oc1ccc(C(=O)N(C)[C@@H]2CCS(=O)(=O)C2)cc1. The first-order valence-corrected chi connectivity index (χ1v) is 8.85. The third-order valence-electron chi connectivity index (χ3n) is 3.55. The predicted molar refractivity (Wildman–Crippen MR) is 81.4 cm³/mol. The first-order valence-electron chi connectivity index (χ1n) is 7.03. The van der Waals surface area contributed by atoms with Crippen LogP contribution in [-0.2, 0) is 9.84 Å². The quantitative estimate of drug-likeness (QED) is 0.849. The third-order valence-corrected chi connectivity index (χ3v) is 5.30. The maximum absolute atomic E-state index is 12.4. The average molecular weight is 311 g/mol. The molecule has 0 radical (unpaired) electrons. The molecule has 116 valence electrons. The number of carbonyl (C=O) groups is 1. The Balaban J connectivity index is 2.06. The van der Waals surface area contributed by atoms with Crippen molar-refractivity contribution < 1.29 is 17.9 Å². The molecule has 0 unspecified atom stereocenters. The molecular weight excluding hydrogens is 290 g/mol. The van der Waals surface area contributed by atoms with E-state index in [1.165, 1.54) is 4.90 Å². The van der Waals surface area contributed by atoms with Gasteiger partial charge in [-0.2, -0.15) is 0 Å². The Bertz CT molecular complexity index is 607. The van der Waals surface area contributed by atoms with Crippen LogP contribution < -0.4 is 4.74 Å². The van der Waals surface area contributed by atoms with Crippen LogP contribution in [0.2, 0.25) is 0 Å². The standard InChI is InChI=1S/C15H21NO4S/c1-11(2)20-14-6-4-12(5-7-14)15(17)16(3)13-8-9-21(18,19)10-13/h4-7,11,13H,8-10H2,1-3H3/t13-/m1/s1. The van der Waals surface area contributed by atoms with E-state index >= 15 is 0 Å². The molecule has 6 heteroatoms. The van der Waals surface area contributed by atoms with Gasteiger partial charge >= 0.3 is 0 Å². The topological polar surface area (TPSA) is 63.7 Å². The smallest absolute Gasteiger partial charge is 0.253 e. The fourth-order valence-electron chi connectivity index (χ4n) is 2.40. The summed E-state index contributed by atoms with van der Waals surface area (Å²) in [6.07, 6.45) is 0.594. The van der Waals surface area contributed by atoms with Gasteiger partial charge in [0, 0.05) is 18.7 Å². The fraction of sp³-hybridized carbons (Fsp3) is 0.533. The molecule has 1 saturated heterocycles. The van der Waals surface area contributed by atoms with Crippen LogP contribution in [0.25, 0.3) is 0 Å². The first-order chi connectivity index (χ1) is 9.78. The summed E-state index contributed by atoms with van der Waals surface area (Å²) in [6, 6.07) is 6.70. The highest BCUT2D eigenvalue weighted by molar-refractivity contribution is 7.91. The Morgan fingerprint density at radius 2 is 1.90 bits per heavy atom. The summed E-state index contributed by atoms with van der Waals surface area (Å²) in [5, 5.41) is 0. The summed E-state index contributed by atoms with van der Waals surface area (Å²) in [6.45, 7) is 3.88. The van der Waals surface area contributed by atoms with Crippen molar-refractivity contribution in [3.05, 3.63) is 29.8 Å². The second-order valence-corrected chi connectivity index (χ2v) is 7.89. The summed E-state index contributed by atoms with van der Waals surface area (Å²) < 4.78 is 28.5. The Kier molecular flexibility index (Phi) is 4.56. The van der Waals surface area contributed by atoms with E-state index in [1.54, 1.807) is 31.3 Å². The zero-order valence-corrected chi connectivity index (χ0v) is 13.4. The van der Waals surface area contributed by atoms with Crippen LogP contribution in [-0.4, -0.2) is 49.9 Å². The molecule has 1 atom stereocenters. The van der Waals surface area contributed by atoms with E-state index in [1.807, 2.05) is 13.8 Å². The molecule has 1 aliphatic heterocycles. The van der Waals surface area contributed by atoms with Crippen LogP contribution in [0.15, 0.2) is 24.3 Å². The van der Waals surface area contributed by atoms with Crippen LogP contribution in [0.1, 0.15) is 30.6 Å². The number of hydrogen-bond donors (Lipinski definition) is 0. The van der Waals surface area contributed by atoms with Crippen molar-refractivity contribution in [2.75, 3.05) is 18.6 Å². The van der Waals surface area contributed by atoms with Gasteiger partial charge in [0.25, 0.3) is 5.91 Å². The van der Waals surface area contributed by atoms with E-state index in [9.17, 15) is 13.2 Å². The van der Waals surface area contributed by atoms with Gasteiger partial charge in [0.05, 0.1) is 17.6 Å². The average Bonchev–Trinajstić information content (AvgIpc) is 2.77. The van der Waals surface area contributed by atoms with E-state index in [2.05, 4.69) is 0 Å². The molecule has 1 fully saturated rings. The molecule has 21 heavy (non-hydrogen) atoms. The van der Waals surface area contributed by atoms with Crippen LogP contribution >= 0.6 is 0 Å². The second-order valence-electron chi connectivity index (χ2n) is 5.66. The van der Waals surface area contributed by atoms with Crippen molar-refractivity contribution in [3.8, 4) is 5.75 Å². The van der Waals surface area contributed by atoms with Gasteiger partial charge in [0.1, 0.15) is 5.75 Å². The number of amides is 1. The van der Waals surface area contributed by atoms with Gasteiger partial charge in [-0.05, 0) is 44.5 Å². The van der Waals surface area contributed by atoms with E-state index in [0.29, 0.717) is 17.7 Å². The Morgan fingerprint density at radius 3 is 2.38 bits per heavy atom. The maximum Gasteiger partial charge on any atom is 0.253 e. The van der Waals surface area contributed by atoms with Crippen LogP contribution in [0.3, 0.4) is 0 Å². The normalized spacial score (nSPS) is 20.5. The predicted octanol–water partition coefficient (Wildman–Crippen LogP) is 1.73. The highest BCUT2D eigenvalue weighted by Crippen LogP contribution is 2.20. The fourth-order valence-corrected chi connectivity index (χ4v) is 4.17. The van der Waals surface area contributed by atoms with Crippen molar-refractivity contribution in [1.82, 2.24) is 4.90 Å². The monoisotopic (exact) mass is 311 g/mol. The first kappa shape index (κ1) is 15.8. The van der Waals surface area contributed by atoms with E-state index in [-0.39, 0.29) is 29.6 Å². The highest BCUT2D eigenvalue weighted by Gasteiger charge is 2.32. The Labute approximate surface area is 125 Å². The van der Waals surface area contributed by atoms with E-state index in [4.69, 9.17) is 4.74 Å². The van der Waals surface area contributed by atoms with Crippen molar-refractivity contribution in [3.63, 3.8) is 0 Å². The molecule has 0 spiro atoms. The van der Waals surface area contributed by atoms with Crippen molar-refractivity contribution in [1.29, 1.82) is 0 Å². The van der Waals surface area contributed by atoms with Crippen LogP contribution in [0.4, 0.5) is 0 Å². The van der Waals surface area contributed by atoms with Gasteiger partial charge in [-0.15, -0.1) is 0 Å². The number of ether oxygens (including phenoxy) is 1. The molecule has 1 aromatic rings. The lowest BCUT2D eigenvalue weighted by Gasteiger charge is -2.23. The van der Waals surface area contributed by atoms with Gasteiger partial charge in [-0.3, -0.25) is 4.79 Å². The number of nitrogens with zero attached hydrogens (tertiary/aromatic N) is 1. The van der Waals surface area contributed by atoms with Crippen molar-refractivity contribution >= 4 is 15.7 Å². The summed E-state index contributed by atoms with van der Waals surface area (Å²) in [5.41, 5.74) is 0.540.